The largest absolute Gasteiger partial charge is 0.458 e. The molecule has 28 heavy (non-hydrogen) atoms. The Bertz CT molecular complexity index is 1140. The Balaban J connectivity index is 2.08. The van der Waals surface area contributed by atoms with Crippen LogP contribution >= 0.6 is 0 Å². The van der Waals surface area contributed by atoms with E-state index in [0.29, 0.717) is 17.8 Å². The highest BCUT2D eigenvalue weighted by molar-refractivity contribution is 7.91. The van der Waals surface area contributed by atoms with E-state index in [-0.39, 0.29) is 27.6 Å². The highest BCUT2D eigenvalue weighted by Crippen LogP contribution is 2.44. The van der Waals surface area contributed by atoms with Crippen LogP contribution in [0.2, 0.25) is 0 Å². The SMILES string of the molecule is CCS(=O)(=O)c1ccc(-c2nc3cc(C(F)(F)C(F)(F)F)cnc3n2C)cc1. The van der Waals surface area contributed by atoms with Crippen molar-refractivity contribution in [2.24, 2.45) is 7.05 Å². The molecule has 2 aromatic heterocycles. The molecule has 5 nitrogen and oxygen atoms in total. The van der Waals surface area contributed by atoms with E-state index >= 15 is 0 Å². The Labute approximate surface area is 156 Å². The first-order chi connectivity index (χ1) is 12.9. The standard InChI is InChI=1S/C17H14F5N3O2S/c1-3-28(26,27)12-6-4-10(5-7-12)14-24-13-8-11(9-23-15(13)25(14)2)16(18,19)17(20,21)22/h4-9H,3H2,1-2H3. The zero-order valence-electron chi connectivity index (χ0n) is 14.6. The number of rotatable bonds is 4. The number of imidazole rings is 1. The number of hydrogen-bond acceptors (Lipinski definition) is 4. The Hall–Kier alpha value is -2.56. The lowest BCUT2D eigenvalue weighted by molar-refractivity contribution is -0.289. The summed E-state index contributed by atoms with van der Waals surface area (Å²) in [6.07, 6.45) is -5.28. The summed E-state index contributed by atoms with van der Waals surface area (Å²) in [7, 11) is -1.87. The molecular formula is C17H14F5N3O2S. The van der Waals surface area contributed by atoms with Crippen molar-refractivity contribution in [3.63, 3.8) is 0 Å². The first kappa shape index (κ1) is 20.2. The predicted octanol–water partition coefficient (Wildman–Crippen LogP) is 4.08. The molecule has 11 heteroatoms. The van der Waals surface area contributed by atoms with E-state index in [0.717, 1.165) is 0 Å². The predicted molar refractivity (Wildman–Crippen MR) is 91.6 cm³/mol. The number of aryl methyl sites for hydroxylation is 1. The van der Waals surface area contributed by atoms with Crippen LogP contribution < -0.4 is 0 Å². The maximum Gasteiger partial charge on any atom is 0.458 e. The van der Waals surface area contributed by atoms with Gasteiger partial charge in [0.2, 0.25) is 0 Å². The third-order valence-corrected chi connectivity index (χ3v) is 6.03. The Morgan fingerprint density at radius 1 is 1.07 bits per heavy atom. The van der Waals surface area contributed by atoms with Crippen LogP contribution in [-0.4, -0.2) is 34.9 Å². The summed E-state index contributed by atoms with van der Waals surface area (Å²) in [5.74, 6) is -4.88. The van der Waals surface area contributed by atoms with Gasteiger partial charge in [-0.05, 0) is 30.3 Å². The highest BCUT2D eigenvalue weighted by Gasteiger charge is 2.59. The van der Waals surface area contributed by atoms with Crippen molar-refractivity contribution in [3.05, 3.63) is 42.1 Å². The summed E-state index contributed by atoms with van der Waals surface area (Å²) in [6, 6.07) is 6.37. The van der Waals surface area contributed by atoms with Gasteiger partial charge in [-0.3, -0.25) is 0 Å². The number of fused-ring (bicyclic) bond motifs is 1. The molecule has 150 valence electrons. The molecule has 3 aromatic rings. The lowest BCUT2D eigenvalue weighted by Gasteiger charge is -2.19. The van der Waals surface area contributed by atoms with Crippen molar-refractivity contribution >= 4 is 21.0 Å². The van der Waals surface area contributed by atoms with Crippen LogP contribution in [0, 0.1) is 0 Å². The molecule has 0 spiro atoms. The maximum absolute atomic E-state index is 13.6. The summed E-state index contributed by atoms with van der Waals surface area (Å²) in [4.78, 5) is 7.92. The molecule has 0 atom stereocenters. The van der Waals surface area contributed by atoms with Crippen molar-refractivity contribution in [1.29, 1.82) is 0 Å². The van der Waals surface area contributed by atoms with E-state index in [9.17, 15) is 30.4 Å². The molecule has 0 saturated carbocycles. The molecule has 1 aromatic carbocycles. The van der Waals surface area contributed by atoms with E-state index < -0.39 is 27.5 Å². The second kappa shape index (κ2) is 6.50. The van der Waals surface area contributed by atoms with E-state index in [1.54, 1.807) is 0 Å². The molecular weight excluding hydrogens is 405 g/mol. The second-order valence-electron chi connectivity index (χ2n) is 6.06. The molecule has 0 fully saturated rings. The van der Waals surface area contributed by atoms with Crippen molar-refractivity contribution in [3.8, 4) is 11.4 Å². The van der Waals surface area contributed by atoms with Crippen molar-refractivity contribution in [1.82, 2.24) is 14.5 Å². The van der Waals surface area contributed by atoms with Gasteiger partial charge in [-0.1, -0.05) is 6.92 Å². The maximum atomic E-state index is 13.6. The lowest BCUT2D eigenvalue weighted by atomic mass is 10.1. The fourth-order valence-electron chi connectivity index (χ4n) is 2.65. The minimum Gasteiger partial charge on any atom is -0.312 e. The molecule has 0 aliphatic heterocycles. The van der Waals surface area contributed by atoms with Crippen LogP contribution in [0.3, 0.4) is 0 Å². The summed E-state index contributed by atoms with van der Waals surface area (Å²) in [5, 5.41) is 0. The quantitative estimate of drug-likeness (QED) is 0.598. The van der Waals surface area contributed by atoms with Crippen LogP contribution in [-0.2, 0) is 22.8 Å². The second-order valence-corrected chi connectivity index (χ2v) is 8.34. The van der Waals surface area contributed by atoms with E-state index in [1.165, 1.54) is 42.8 Å². The number of sulfone groups is 1. The van der Waals surface area contributed by atoms with Crippen LogP contribution in [0.15, 0.2) is 41.4 Å². The molecule has 0 saturated heterocycles. The summed E-state index contributed by atoms with van der Waals surface area (Å²) in [5.41, 5.74) is -0.868. The van der Waals surface area contributed by atoms with Crippen molar-refractivity contribution in [2.75, 3.05) is 5.75 Å². The van der Waals surface area contributed by atoms with Gasteiger partial charge in [0.15, 0.2) is 15.5 Å². The molecule has 0 radical (unpaired) electrons. The van der Waals surface area contributed by atoms with Gasteiger partial charge in [-0.2, -0.15) is 22.0 Å². The van der Waals surface area contributed by atoms with Crippen molar-refractivity contribution in [2.45, 2.75) is 23.9 Å². The summed E-state index contributed by atoms with van der Waals surface area (Å²) in [6.45, 7) is 1.51. The number of hydrogen-bond donors (Lipinski definition) is 0. The Morgan fingerprint density at radius 2 is 1.68 bits per heavy atom. The molecule has 0 unspecified atom stereocenters. The van der Waals surface area contributed by atoms with Crippen LogP contribution in [0.1, 0.15) is 12.5 Å². The molecule has 0 bridgehead atoms. The van der Waals surface area contributed by atoms with Gasteiger partial charge in [-0.25, -0.2) is 18.4 Å². The zero-order valence-corrected chi connectivity index (χ0v) is 15.4. The van der Waals surface area contributed by atoms with Gasteiger partial charge in [0.05, 0.1) is 16.2 Å². The van der Waals surface area contributed by atoms with Crippen molar-refractivity contribution < 1.29 is 30.4 Å². The molecule has 3 rings (SSSR count). The van der Waals surface area contributed by atoms with Gasteiger partial charge in [0, 0.05) is 18.8 Å². The number of aromatic nitrogens is 3. The smallest absolute Gasteiger partial charge is 0.312 e. The van der Waals surface area contributed by atoms with Crippen LogP contribution in [0.25, 0.3) is 22.6 Å². The van der Waals surface area contributed by atoms with E-state index in [1.807, 2.05) is 0 Å². The number of halogens is 5. The summed E-state index contributed by atoms with van der Waals surface area (Å²) >= 11 is 0. The Kier molecular flexibility index (Phi) is 4.69. The average molecular weight is 419 g/mol. The normalized spacial score (nSPS) is 13.2. The lowest BCUT2D eigenvalue weighted by Crippen LogP contribution is -2.33. The number of benzene rings is 1. The summed E-state index contributed by atoms with van der Waals surface area (Å²) < 4.78 is 90.0. The van der Waals surface area contributed by atoms with E-state index in [2.05, 4.69) is 9.97 Å². The molecule has 0 N–H and O–H groups in total. The van der Waals surface area contributed by atoms with Crippen LogP contribution in [0.5, 0.6) is 0 Å². The third-order valence-electron chi connectivity index (χ3n) is 4.28. The molecule has 2 heterocycles. The fourth-order valence-corrected chi connectivity index (χ4v) is 3.53. The molecule has 0 aliphatic rings. The first-order valence-electron chi connectivity index (χ1n) is 7.99. The monoisotopic (exact) mass is 419 g/mol. The minimum atomic E-state index is -5.75. The fraction of sp³-hybridized carbons (Fsp3) is 0.294. The van der Waals surface area contributed by atoms with Gasteiger partial charge < -0.3 is 4.57 Å². The van der Waals surface area contributed by atoms with E-state index in [4.69, 9.17) is 0 Å². The number of alkyl halides is 5. The first-order valence-corrected chi connectivity index (χ1v) is 9.64. The topological polar surface area (TPSA) is 64.8 Å². The Morgan fingerprint density at radius 3 is 2.21 bits per heavy atom. The average Bonchev–Trinajstić information content (AvgIpc) is 2.97. The number of nitrogens with zero attached hydrogens (tertiary/aromatic N) is 3. The minimum absolute atomic E-state index is 0.0707. The number of pyridine rings is 1. The molecule has 0 amide bonds. The highest BCUT2D eigenvalue weighted by atomic mass is 32.2. The van der Waals surface area contributed by atoms with Gasteiger partial charge in [0.1, 0.15) is 11.3 Å². The van der Waals surface area contributed by atoms with Gasteiger partial charge in [-0.15, -0.1) is 0 Å². The zero-order chi connectivity index (χ0) is 20.9. The van der Waals surface area contributed by atoms with Gasteiger partial charge >= 0.3 is 12.1 Å². The van der Waals surface area contributed by atoms with Crippen LogP contribution in [0.4, 0.5) is 22.0 Å². The third kappa shape index (κ3) is 3.23. The van der Waals surface area contributed by atoms with Gasteiger partial charge in [0.25, 0.3) is 0 Å². The molecule has 0 aliphatic carbocycles.